The highest BCUT2D eigenvalue weighted by atomic mass is 35.5. The smallest absolute Gasteiger partial charge is 0.226 e. The fourth-order valence-electron chi connectivity index (χ4n) is 2.22. The number of hydrogen-bond acceptors (Lipinski definition) is 3. The molecule has 1 amide bonds. The largest absolute Gasteiger partial charge is 0.492 e. The predicted molar refractivity (Wildman–Crippen MR) is 82.5 cm³/mol. The number of amides is 1. The molecule has 0 spiro atoms. The minimum atomic E-state index is -0.0684. The maximum absolute atomic E-state index is 12.0. The highest BCUT2D eigenvalue weighted by Gasteiger charge is 2.25. The summed E-state index contributed by atoms with van der Waals surface area (Å²) in [6.07, 6.45) is 1.88. The number of nitrogens with one attached hydrogen (secondary N) is 2. The Morgan fingerprint density at radius 1 is 1.30 bits per heavy atom. The molecule has 2 N–H and O–H groups in total. The molecule has 0 radical (unpaired) electrons. The van der Waals surface area contributed by atoms with Crippen LogP contribution in [0, 0.1) is 5.92 Å². The number of halogens is 1. The van der Waals surface area contributed by atoms with Crippen molar-refractivity contribution >= 4 is 18.3 Å². The van der Waals surface area contributed by atoms with E-state index in [1.54, 1.807) is 0 Å². The fourth-order valence-corrected chi connectivity index (χ4v) is 2.22. The third-order valence-electron chi connectivity index (χ3n) is 3.28. The van der Waals surface area contributed by atoms with Crippen LogP contribution >= 0.6 is 12.4 Å². The number of para-hydroxylation sites is 1. The second-order valence-corrected chi connectivity index (χ2v) is 4.86. The third kappa shape index (κ3) is 4.69. The minimum Gasteiger partial charge on any atom is -0.492 e. The van der Waals surface area contributed by atoms with Crippen LogP contribution in [0.2, 0.25) is 0 Å². The number of carbonyl (C=O) groups excluding carboxylic acids is 1. The third-order valence-corrected chi connectivity index (χ3v) is 3.28. The number of carbonyl (C=O) groups is 1. The first-order valence-corrected chi connectivity index (χ1v) is 7.00. The molecule has 112 valence electrons. The molecule has 0 saturated carbocycles. The number of hydrogen-bond donors (Lipinski definition) is 2. The van der Waals surface area contributed by atoms with E-state index < -0.39 is 0 Å². The molecule has 0 aromatic heterocycles. The lowest BCUT2D eigenvalue weighted by Crippen LogP contribution is -2.40. The van der Waals surface area contributed by atoms with Gasteiger partial charge in [-0.1, -0.05) is 25.1 Å². The quantitative estimate of drug-likeness (QED) is 0.787. The van der Waals surface area contributed by atoms with Crippen molar-refractivity contribution in [2.45, 2.75) is 19.8 Å². The summed E-state index contributed by atoms with van der Waals surface area (Å²) < 4.78 is 5.63. The summed E-state index contributed by atoms with van der Waals surface area (Å²) in [6, 6.07) is 7.92. The molecule has 4 nitrogen and oxygen atoms in total. The Morgan fingerprint density at radius 2 is 2.10 bits per heavy atom. The van der Waals surface area contributed by atoms with Gasteiger partial charge in [-0.3, -0.25) is 4.79 Å². The highest BCUT2D eigenvalue weighted by Crippen LogP contribution is 2.26. The monoisotopic (exact) mass is 298 g/mol. The van der Waals surface area contributed by atoms with Gasteiger partial charge < -0.3 is 15.4 Å². The number of fused-ring (bicyclic) bond motifs is 1. The Balaban J connectivity index is 0.00000200. The van der Waals surface area contributed by atoms with Gasteiger partial charge in [-0.05, 0) is 31.0 Å². The maximum Gasteiger partial charge on any atom is 0.226 e. The lowest BCUT2D eigenvalue weighted by Gasteiger charge is -2.24. The molecule has 1 heterocycles. The Morgan fingerprint density at radius 3 is 2.90 bits per heavy atom. The van der Waals surface area contributed by atoms with E-state index in [4.69, 9.17) is 4.74 Å². The van der Waals surface area contributed by atoms with Crippen molar-refractivity contribution in [3.63, 3.8) is 0 Å². The lowest BCUT2D eigenvalue weighted by atomic mass is 9.96. The summed E-state index contributed by atoms with van der Waals surface area (Å²) >= 11 is 0. The summed E-state index contributed by atoms with van der Waals surface area (Å²) in [6.45, 7) is 5.10. The molecule has 1 aliphatic rings. The van der Waals surface area contributed by atoms with Crippen molar-refractivity contribution in [3.8, 4) is 5.75 Å². The van der Waals surface area contributed by atoms with Gasteiger partial charge in [-0.25, -0.2) is 0 Å². The van der Waals surface area contributed by atoms with E-state index in [9.17, 15) is 4.79 Å². The average Bonchev–Trinajstić information content (AvgIpc) is 2.46. The van der Waals surface area contributed by atoms with Crippen LogP contribution in [0.1, 0.15) is 18.9 Å². The van der Waals surface area contributed by atoms with Gasteiger partial charge in [0.15, 0.2) is 0 Å². The van der Waals surface area contributed by atoms with Gasteiger partial charge in [0.2, 0.25) is 5.91 Å². The van der Waals surface area contributed by atoms with Crippen molar-refractivity contribution in [3.05, 3.63) is 29.8 Å². The Hall–Kier alpha value is -1.26. The molecule has 20 heavy (non-hydrogen) atoms. The van der Waals surface area contributed by atoms with Crippen molar-refractivity contribution in [1.82, 2.24) is 10.6 Å². The molecule has 0 fully saturated rings. The number of rotatable bonds is 6. The molecule has 0 aliphatic carbocycles. The molecule has 0 saturated heterocycles. The summed E-state index contributed by atoms with van der Waals surface area (Å²) in [7, 11) is 0. The SMILES string of the molecule is CCCNCCNC(=O)C1COc2ccccc2C1.Cl. The van der Waals surface area contributed by atoms with E-state index in [1.165, 1.54) is 0 Å². The highest BCUT2D eigenvalue weighted by molar-refractivity contribution is 5.85. The van der Waals surface area contributed by atoms with Crippen molar-refractivity contribution in [2.75, 3.05) is 26.2 Å². The minimum absolute atomic E-state index is 0. The van der Waals surface area contributed by atoms with Crippen molar-refractivity contribution in [1.29, 1.82) is 0 Å². The zero-order chi connectivity index (χ0) is 13.5. The van der Waals surface area contributed by atoms with Gasteiger partial charge in [0, 0.05) is 13.1 Å². The molecular formula is C15H23ClN2O2. The van der Waals surface area contributed by atoms with Crippen LogP contribution in [-0.2, 0) is 11.2 Å². The lowest BCUT2D eigenvalue weighted by molar-refractivity contribution is -0.126. The van der Waals surface area contributed by atoms with Gasteiger partial charge in [0.25, 0.3) is 0 Å². The summed E-state index contributed by atoms with van der Waals surface area (Å²) in [5.41, 5.74) is 1.12. The van der Waals surface area contributed by atoms with Crippen molar-refractivity contribution < 1.29 is 9.53 Å². The van der Waals surface area contributed by atoms with E-state index in [0.717, 1.165) is 37.2 Å². The number of benzene rings is 1. The summed E-state index contributed by atoms with van der Waals surface area (Å²) in [5, 5.41) is 6.22. The van der Waals surface area contributed by atoms with Gasteiger partial charge >= 0.3 is 0 Å². The van der Waals surface area contributed by atoms with Crippen molar-refractivity contribution in [2.24, 2.45) is 5.92 Å². The second-order valence-electron chi connectivity index (χ2n) is 4.86. The fraction of sp³-hybridized carbons (Fsp3) is 0.533. The molecule has 2 rings (SSSR count). The normalized spacial score (nSPS) is 16.6. The van der Waals surface area contributed by atoms with Gasteiger partial charge in [-0.2, -0.15) is 0 Å². The first-order chi connectivity index (χ1) is 9.31. The van der Waals surface area contributed by atoms with E-state index >= 15 is 0 Å². The van der Waals surface area contributed by atoms with Crippen LogP contribution in [0.3, 0.4) is 0 Å². The first kappa shape index (κ1) is 16.8. The summed E-state index contributed by atoms with van der Waals surface area (Å²) in [4.78, 5) is 12.0. The first-order valence-electron chi connectivity index (χ1n) is 7.00. The molecular weight excluding hydrogens is 276 g/mol. The molecule has 1 atom stereocenters. The van der Waals surface area contributed by atoms with E-state index in [-0.39, 0.29) is 24.2 Å². The number of ether oxygens (including phenoxy) is 1. The van der Waals surface area contributed by atoms with Gasteiger partial charge in [0.05, 0.1) is 5.92 Å². The zero-order valence-electron chi connectivity index (χ0n) is 11.9. The molecule has 1 unspecified atom stereocenters. The topological polar surface area (TPSA) is 50.4 Å². The molecule has 1 aromatic rings. The predicted octanol–water partition coefficient (Wildman–Crippen LogP) is 1.78. The standard InChI is InChI=1S/C15H22N2O2.ClH/c1-2-7-16-8-9-17-15(18)13-10-12-5-3-4-6-14(12)19-11-13;/h3-6,13,16H,2,7-11H2,1H3,(H,17,18);1H. The van der Waals surface area contributed by atoms with E-state index in [1.807, 2.05) is 24.3 Å². The Kier molecular flexibility index (Phi) is 7.41. The molecule has 0 bridgehead atoms. The van der Waals surface area contributed by atoms with E-state index in [2.05, 4.69) is 17.6 Å². The van der Waals surface area contributed by atoms with Crippen LogP contribution in [0.25, 0.3) is 0 Å². The average molecular weight is 299 g/mol. The van der Waals surface area contributed by atoms with Crippen LogP contribution in [0.4, 0.5) is 0 Å². The molecule has 5 heteroatoms. The van der Waals surface area contributed by atoms with Crippen LogP contribution < -0.4 is 15.4 Å². The second kappa shape index (κ2) is 8.82. The van der Waals surface area contributed by atoms with Crippen LogP contribution in [0.15, 0.2) is 24.3 Å². The Labute approximate surface area is 126 Å². The van der Waals surface area contributed by atoms with Gasteiger partial charge in [-0.15, -0.1) is 12.4 Å². The van der Waals surface area contributed by atoms with Crippen LogP contribution in [0.5, 0.6) is 5.75 Å². The maximum atomic E-state index is 12.0. The zero-order valence-corrected chi connectivity index (χ0v) is 12.7. The van der Waals surface area contributed by atoms with E-state index in [0.29, 0.717) is 13.2 Å². The molecule has 1 aliphatic heterocycles. The molecule has 1 aromatic carbocycles. The van der Waals surface area contributed by atoms with Gasteiger partial charge in [0.1, 0.15) is 12.4 Å². The van der Waals surface area contributed by atoms with Crippen LogP contribution in [-0.4, -0.2) is 32.1 Å². The Bertz CT molecular complexity index is 426. The summed E-state index contributed by atoms with van der Waals surface area (Å²) in [5.74, 6) is 0.935.